The fourth-order valence-electron chi connectivity index (χ4n) is 2.87. The zero-order chi connectivity index (χ0) is 21.3. The molecule has 4 aromatic rings. The van der Waals surface area contributed by atoms with E-state index in [4.69, 9.17) is 27.9 Å². The SMILES string of the molecule is Cc1nnc2ccc(-c3cccc(NC(=O)[C@H](C)Oc4ccc(Cl)cc4Cl)c3)nn12. The monoisotopic (exact) mass is 441 g/mol. The van der Waals surface area contributed by atoms with Crippen molar-refractivity contribution in [3.8, 4) is 17.0 Å². The molecule has 0 aliphatic rings. The van der Waals surface area contributed by atoms with E-state index in [-0.39, 0.29) is 5.91 Å². The molecule has 4 rings (SSSR count). The van der Waals surface area contributed by atoms with E-state index in [0.717, 1.165) is 11.3 Å². The van der Waals surface area contributed by atoms with Gasteiger partial charge in [-0.3, -0.25) is 4.79 Å². The molecule has 9 heteroatoms. The second-order valence-electron chi connectivity index (χ2n) is 6.64. The van der Waals surface area contributed by atoms with Crippen LogP contribution in [0, 0.1) is 6.92 Å². The number of rotatable bonds is 5. The second kappa shape index (κ2) is 8.30. The zero-order valence-electron chi connectivity index (χ0n) is 16.1. The Morgan fingerprint density at radius 1 is 1.10 bits per heavy atom. The number of fused-ring (bicyclic) bond motifs is 1. The van der Waals surface area contributed by atoms with E-state index in [1.807, 2.05) is 37.3 Å². The van der Waals surface area contributed by atoms with Gasteiger partial charge in [-0.15, -0.1) is 10.2 Å². The van der Waals surface area contributed by atoms with Gasteiger partial charge in [-0.2, -0.15) is 9.61 Å². The molecule has 30 heavy (non-hydrogen) atoms. The second-order valence-corrected chi connectivity index (χ2v) is 7.48. The van der Waals surface area contributed by atoms with Crippen LogP contribution in [0.25, 0.3) is 16.9 Å². The van der Waals surface area contributed by atoms with Crippen molar-refractivity contribution in [3.63, 3.8) is 0 Å². The molecule has 0 saturated carbocycles. The van der Waals surface area contributed by atoms with Gasteiger partial charge in [0.1, 0.15) is 5.75 Å². The molecule has 7 nitrogen and oxygen atoms in total. The maximum atomic E-state index is 12.6. The third-order valence-electron chi connectivity index (χ3n) is 4.41. The smallest absolute Gasteiger partial charge is 0.265 e. The summed E-state index contributed by atoms with van der Waals surface area (Å²) in [6.45, 7) is 3.48. The van der Waals surface area contributed by atoms with Gasteiger partial charge in [0.05, 0.1) is 10.7 Å². The van der Waals surface area contributed by atoms with E-state index in [2.05, 4.69) is 20.6 Å². The summed E-state index contributed by atoms with van der Waals surface area (Å²) in [6, 6.07) is 15.9. The number of aromatic nitrogens is 4. The van der Waals surface area contributed by atoms with Gasteiger partial charge in [-0.05, 0) is 56.3 Å². The summed E-state index contributed by atoms with van der Waals surface area (Å²) in [4.78, 5) is 12.6. The van der Waals surface area contributed by atoms with E-state index < -0.39 is 6.10 Å². The molecule has 2 aromatic carbocycles. The normalized spacial score (nSPS) is 12.0. The minimum Gasteiger partial charge on any atom is -0.479 e. The molecular weight excluding hydrogens is 425 g/mol. The number of nitrogens with zero attached hydrogens (tertiary/aromatic N) is 4. The Hall–Kier alpha value is -3.16. The highest BCUT2D eigenvalue weighted by molar-refractivity contribution is 6.35. The Bertz CT molecular complexity index is 1240. The standard InChI is InChI=1S/C21H17Cl2N5O2/c1-12(30-19-8-6-15(22)11-17(19)23)21(29)24-16-5-3-4-14(10-16)18-7-9-20-26-25-13(2)28(20)27-18/h3-12H,1-2H3,(H,24,29)/t12-/m0/s1. The molecule has 152 valence electrons. The average Bonchev–Trinajstić information content (AvgIpc) is 3.10. The topological polar surface area (TPSA) is 81.4 Å². The molecule has 0 fully saturated rings. The maximum Gasteiger partial charge on any atom is 0.265 e. The predicted octanol–water partition coefficient (Wildman–Crippen LogP) is 4.81. The third-order valence-corrected chi connectivity index (χ3v) is 4.94. The molecule has 1 amide bonds. The van der Waals surface area contributed by atoms with Gasteiger partial charge >= 0.3 is 0 Å². The molecule has 0 aliphatic carbocycles. The van der Waals surface area contributed by atoms with Crippen LogP contribution in [0.5, 0.6) is 5.75 Å². The van der Waals surface area contributed by atoms with Crippen molar-refractivity contribution in [1.82, 2.24) is 19.8 Å². The number of hydrogen-bond acceptors (Lipinski definition) is 5. The molecule has 0 unspecified atom stereocenters. The number of carbonyl (C=O) groups is 1. The number of anilines is 1. The first-order valence-electron chi connectivity index (χ1n) is 9.13. The number of carbonyl (C=O) groups excluding carboxylic acids is 1. The molecule has 0 aliphatic heterocycles. The Kier molecular flexibility index (Phi) is 5.57. The zero-order valence-corrected chi connectivity index (χ0v) is 17.6. The lowest BCUT2D eigenvalue weighted by Crippen LogP contribution is -2.30. The molecule has 0 saturated heterocycles. The van der Waals surface area contributed by atoms with Crippen LogP contribution in [0.1, 0.15) is 12.7 Å². The number of benzene rings is 2. The van der Waals surface area contributed by atoms with Crippen LogP contribution in [0.4, 0.5) is 5.69 Å². The van der Waals surface area contributed by atoms with Crippen molar-refractivity contribution in [2.45, 2.75) is 20.0 Å². The molecule has 1 atom stereocenters. The van der Waals surface area contributed by atoms with Gasteiger partial charge in [0.15, 0.2) is 17.6 Å². The quantitative estimate of drug-likeness (QED) is 0.480. The summed E-state index contributed by atoms with van der Waals surface area (Å²) in [7, 11) is 0. The van der Waals surface area contributed by atoms with Crippen LogP contribution < -0.4 is 10.1 Å². The van der Waals surface area contributed by atoms with Crippen LogP contribution in [-0.4, -0.2) is 31.8 Å². The highest BCUT2D eigenvalue weighted by atomic mass is 35.5. The first-order valence-corrected chi connectivity index (χ1v) is 9.88. The Morgan fingerprint density at radius 2 is 1.93 bits per heavy atom. The minimum atomic E-state index is -0.763. The molecule has 2 heterocycles. The highest BCUT2D eigenvalue weighted by Crippen LogP contribution is 2.28. The maximum absolute atomic E-state index is 12.6. The van der Waals surface area contributed by atoms with Crippen LogP contribution >= 0.6 is 23.2 Å². The number of aryl methyl sites for hydroxylation is 1. The fraction of sp³-hybridized carbons (Fsp3) is 0.143. The number of ether oxygens (including phenoxy) is 1. The van der Waals surface area contributed by atoms with Crippen molar-refractivity contribution in [3.05, 3.63) is 70.5 Å². The summed E-state index contributed by atoms with van der Waals surface area (Å²) in [5, 5.41) is 16.3. The molecule has 1 N–H and O–H groups in total. The first kappa shape index (κ1) is 20.1. The summed E-state index contributed by atoms with van der Waals surface area (Å²) >= 11 is 12.0. The van der Waals surface area contributed by atoms with Gasteiger partial charge < -0.3 is 10.1 Å². The number of nitrogens with one attached hydrogen (secondary N) is 1. The third kappa shape index (κ3) is 4.22. The molecular formula is C21H17Cl2N5O2. The van der Waals surface area contributed by atoms with E-state index in [9.17, 15) is 4.79 Å². The Morgan fingerprint density at radius 3 is 2.73 bits per heavy atom. The van der Waals surface area contributed by atoms with Crippen LogP contribution in [0.2, 0.25) is 10.0 Å². The molecule has 2 aromatic heterocycles. The molecule has 0 spiro atoms. The lowest BCUT2D eigenvalue weighted by Gasteiger charge is -2.16. The van der Waals surface area contributed by atoms with Gasteiger partial charge in [-0.25, -0.2) is 0 Å². The number of halogens is 2. The lowest BCUT2D eigenvalue weighted by atomic mass is 10.1. The van der Waals surface area contributed by atoms with Gasteiger partial charge in [-0.1, -0.05) is 35.3 Å². The summed E-state index contributed by atoms with van der Waals surface area (Å²) in [5.74, 6) is 0.777. The summed E-state index contributed by atoms with van der Waals surface area (Å²) in [5.41, 5.74) is 2.88. The van der Waals surface area contributed by atoms with Crippen molar-refractivity contribution in [2.75, 3.05) is 5.32 Å². The van der Waals surface area contributed by atoms with Crippen molar-refractivity contribution in [1.29, 1.82) is 0 Å². The van der Waals surface area contributed by atoms with Crippen LogP contribution in [0.3, 0.4) is 0 Å². The number of hydrogen-bond donors (Lipinski definition) is 1. The minimum absolute atomic E-state index is 0.309. The molecule has 0 radical (unpaired) electrons. The molecule has 0 bridgehead atoms. The van der Waals surface area contributed by atoms with Crippen molar-refractivity contribution in [2.24, 2.45) is 0 Å². The van der Waals surface area contributed by atoms with E-state index >= 15 is 0 Å². The van der Waals surface area contributed by atoms with E-state index in [1.165, 1.54) is 0 Å². The van der Waals surface area contributed by atoms with Crippen LogP contribution in [0.15, 0.2) is 54.6 Å². The average molecular weight is 442 g/mol. The first-order chi connectivity index (χ1) is 14.4. The van der Waals surface area contributed by atoms with Crippen molar-refractivity contribution >= 4 is 40.4 Å². The van der Waals surface area contributed by atoms with Gasteiger partial charge in [0.2, 0.25) is 0 Å². The largest absolute Gasteiger partial charge is 0.479 e. The fourth-order valence-corrected chi connectivity index (χ4v) is 3.32. The van der Waals surface area contributed by atoms with Crippen molar-refractivity contribution < 1.29 is 9.53 Å². The summed E-state index contributed by atoms with van der Waals surface area (Å²) < 4.78 is 7.34. The predicted molar refractivity (Wildman–Crippen MR) is 116 cm³/mol. The Balaban J connectivity index is 1.50. The van der Waals surface area contributed by atoms with Gasteiger partial charge in [0, 0.05) is 16.3 Å². The van der Waals surface area contributed by atoms with E-state index in [0.29, 0.717) is 33.0 Å². The van der Waals surface area contributed by atoms with E-state index in [1.54, 1.807) is 35.7 Å². The van der Waals surface area contributed by atoms with Crippen LogP contribution in [-0.2, 0) is 4.79 Å². The Labute approximate surface area is 182 Å². The lowest BCUT2D eigenvalue weighted by molar-refractivity contribution is -0.122. The van der Waals surface area contributed by atoms with Gasteiger partial charge in [0.25, 0.3) is 5.91 Å². The number of amides is 1. The highest BCUT2D eigenvalue weighted by Gasteiger charge is 2.17. The summed E-state index contributed by atoms with van der Waals surface area (Å²) in [6.07, 6.45) is -0.763.